The second kappa shape index (κ2) is 8.00. The molecule has 144 valence electrons. The quantitative estimate of drug-likeness (QED) is 0.318. The number of hydrogen-bond acceptors (Lipinski definition) is 11. The first-order valence-electron chi connectivity index (χ1n) is 7.61. The van der Waals surface area contributed by atoms with Crippen LogP contribution in [0.1, 0.15) is 21.7 Å². The number of benzene rings is 1. The average Bonchev–Trinajstić information content (AvgIpc) is 3.28. The number of nitrogen functional groups attached to an aromatic ring is 1. The van der Waals surface area contributed by atoms with Gasteiger partial charge in [-0.2, -0.15) is 9.78 Å². The molecular weight excluding hydrogens is 374 g/mol. The molecule has 3 N–H and O–H groups in total. The highest BCUT2D eigenvalue weighted by atomic mass is 16.6. The van der Waals surface area contributed by atoms with E-state index in [0.29, 0.717) is 5.56 Å². The number of carbonyl (C=O) groups is 1. The van der Waals surface area contributed by atoms with Crippen LogP contribution in [0.3, 0.4) is 0 Å². The van der Waals surface area contributed by atoms with Gasteiger partial charge in [-0.1, -0.05) is 5.21 Å². The highest BCUT2D eigenvalue weighted by Gasteiger charge is 2.24. The highest BCUT2D eigenvalue weighted by Crippen LogP contribution is 2.16. The number of methoxy groups -OCH3 is 1. The van der Waals surface area contributed by atoms with E-state index < -0.39 is 10.8 Å². The summed E-state index contributed by atoms with van der Waals surface area (Å²) < 4.78 is 10.6. The normalized spacial score (nSPS) is 11.0. The monoisotopic (exact) mass is 387 g/mol. The van der Waals surface area contributed by atoms with Crippen LogP contribution in [0.25, 0.3) is 5.82 Å². The van der Waals surface area contributed by atoms with Gasteiger partial charge in [-0.05, 0) is 28.0 Å². The largest absolute Gasteiger partial charge is 0.378 e. The number of ether oxygens (including phenoxy) is 1. The number of nitro benzene ring substituents is 1. The molecule has 0 spiro atoms. The Balaban J connectivity index is 1.80. The molecule has 0 aliphatic heterocycles. The van der Waals surface area contributed by atoms with Crippen molar-refractivity contribution in [2.24, 2.45) is 5.10 Å². The molecule has 0 aliphatic rings. The van der Waals surface area contributed by atoms with E-state index in [2.05, 4.69) is 35.8 Å². The molecular formula is C14H13N9O5. The summed E-state index contributed by atoms with van der Waals surface area (Å²) in [6.45, 7) is 0.00000500. The molecule has 0 fully saturated rings. The van der Waals surface area contributed by atoms with Crippen molar-refractivity contribution in [2.75, 3.05) is 12.8 Å². The second-order valence-electron chi connectivity index (χ2n) is 5.25. The molecule has 14 nitrogen and oxygen atoms in total. The van der Waals surface area contributed by atoms with E-state index in [0.717, 1.165) is 4.68 Å². The van der Waals surface area contributed by atoms with Crippen LogP contribution in [0.15, 0.2) is 34.0 Å². The van der Waals surface area contributed by atoms with Crippen molar-refractivity contribution < 1.29 is 19.1 Å². The van der Waals surface area contributed by atoms with E-state index in [1.807, 2.05) is 0 Å². The van der Waals surface area contributed by atoms with Crippen LogP contribution in [0.4, 0.5) is 11.5 Å². The first-order valence-corrected chi connectivity index (χ1v) is 7.61. The minimum Gasteiger partial charge on any atom is -0.378 e. The standard InChI is InChI=1S/C14H13N9O5/c1-27-7-10-11(22(21-17-10)13-12(15)19-28-20-13)14(24)18-16-6-8-2-4-9(5-3-8)23(25)26/h2-6H,7H2,1H3,(H2,15,19)(H,18,24). The number of nitrogens with zero attached hydrogens (tertiary/aromatic N) is 7. The summed E-state index contributed by atoms with van der Waals surface area (Å²) in [6.07, 6.45) is 1.32. The minimum atomic E-state index is -0.669. The lowest BCUT2D eigenvalue weighted by atomic mass is 10.2. The number of nitrogens with one attached hydrogen (secondary N) is 1. The number of amides is 1. The van der Waals surface area contributed by atoms with Gasteiger partial charge in [0, 0.05) is 19.2 Å². The maximum absolute atomic E-state index is 12.6. The zero-order chi connectivity index (χ0) is 20.1. The molecule has 0 saturated carbocycles. The first-order chi connectivity index (χ1) is 13.5. The fourth-order valence-corrected chi connectivity index (χ4v) is 2.16. The predicted octanol–water partition coefficient (Wildman–Crippen LogP) is 0.0510. The third kappa shape index (κ3) is 3.80. The Hall–Kier alpha value is -4.20. The fraction of sp³-hybridized carbons (Fsp3) is 0.143. The average molecular weight is 387 g/mol. The lowest BCUT2D eigenvalue weighted by molar-refractivity contribution is -0.384. The van der Waals surface area contributed by atoms with Gasteiger partial charge < -0.3 is 10.5 Å². The molecule has 0 saturated heterocycles. The van der Waals surface area contributed by atoms with Gasteiger partial charge in [-0.3, -0.25) is 14.9 Å². The first kappa shape index (κ1) is 18.6. The van der Waals surface area contributed by atoms with Crippen LogP contribution in [0, 0.1) is 10.1 Å². The fourth-order valence-electron chi connectivity index (χ4n) is 2.16. The molecule has 0 unspecified atom stereocenters. The van der Waals surface area contributed by atoms with Crippen LogP contribution < -0.4 is 11.2 Å². The van der Waals surface area contributed by atoms with Crippen molar-refractivity contribution in [1.29, 1.82) is 0 Å². The molecule has 1 aromatic carbocycles. The van der Waals surface area contributed by atoms with Gasteiger partial charge in [0.1, 0.15) is 5.69 Å². The Morgan fingerprint density at radius 1 is 1.43 bits per heavy atom. The van der Waals surface area contributed by atoms with Crippen LogP contribution in [0.5, 0.6) is 0 Å². The lowest BCUT2D eigenvalue weighted by Crippen LogP contribution is -2.23. The second-order valence-corrected chi connectivity index (χ2v) is 5.25. The molecule has 1 amide bonds. The van der Waals surface area contributed by atoms with E-state index >= 15 is 0 Å². The Kier molecular flexibility index (Phi) is 5.31. The van der Waals surface area contributed by atoms with Crippen molar-refractivity contribution in [2.45, 2.75) is 6.61 Å². The summed E-state index contributed by atoms with van der Waals surface area (Å²) in [5.74, 6) is -0.769. The van der Waals surface area contributed by atoms with E-state index in [1.165, 1.54) is 37.6 Å². The number of nitrogens with two attached hydrogens (primary N) is 1. The van der Waals surface area contributed by atoms with Crippen molar-refractivity contribution in [1.82, 2.24) is 30.7 Å². The maximum Gasteiger partial charge on any atom is 0.292 e. The minimum absolute atomic E-state index is 0.00000500. The van der Waals surface area contributed by atoms with Gasteiger partial charge in [0.15, 0.2) is 5.69 Å². The van der Waals surface area contributed by atoms with Gasteiger partial charge in [0.2, 0.25) is 11.6 Å². The molecule has 28 heavy (non-hydrogen) atoms. The number of carbonyl (C=O) groups excluding carboxylic acids is 1. The number of hydrogen-bond donors (Lipinski definition) is 2. The van der Waals surface area contributed by atoms with Crippen LogP contribution in [-0.2, 0) is 11.3 Å². The SMILES string of the molecule is COCc1nnn(-c2nonc2N)c1C(=O)NN=Cc1ccc([N+](=O)[O-])cc1. The van der Waals surface area contributed by atoms with Gasteiger partial charge >= 0.3 is 0 Å². The molecule has 2 heterocycles. The molecule has 0 bridgehead atoms. The highest BCUT2D eigenvalue weighted by molar-refractivity contribution is 5.95. The Morgan fingerprint density at radius 2 is 2.18 bits per heavy atom. The van der Waals surface area contributed by atoms with Crippen LogP contribution >= 0.6 is 0 Å². The molecule has 3 aromatic rings. The Labute approximate surface area is 156 Å². The Bertz CT molecular complexity index is 1020. The summed E-state index contributed by atoms with van der Waals surface area (Å²) in [7, 11) is 1.43. The van der Waals surface area contributed by atoms with E-state index in [4.69, 9.17) is 10.5 Å². The summed E-state index contributed by atoms with van der Waals surface area (Å²) in [6, 6.07) is 5.60. The number of aromatic nitrogens is 5. The maximum atomic E-state index is 12.6. The van der Waals surface area contributed by atoms with Gasteiger partial charge in [-0.15, -0.1) is 5.10 Å². The molecule has 0 radical (unpaired) electrons. The van der Waals surface area contributed by atoms with Crippen molar-refractivity contribution >= 4 is 23.6 Å². The summed E-state index contributed by atoms with van der Waals surface area (Å²) in [4.78, 5) is 22.7. The Morgan fingerprint density at radius 3 is 2.79 bits per heavy atom. The number of rotatable bonds is 7. The van der Waals surface area contributed by atoms with Crippen molar-refractivity contribution in [3.05, 3.63) is 51.3 Å². The van der Waals surface area contributed by atoms with Crippen molar-refractivity contribution in [3.63, 3.8) is 0 Å². The summed E-state index contributed by atoms with van der Waals surface area (Å²) in [5.41, 5.74) is 8.63. The molecule has 2 aromatic heterocycles. The van der Waals surface area contributed by atoms with Gasteiger partial charge in [-0.25, -0.2) is 10.1 Å². The zero-order valence-corrected chi connectivity index (χ0v) is 14.3. The molecule has 14 heteroatoms. The van der Waals surface area contributed by atoms with Crippen LogP contribution in [0.2, 0.25) is 0 Å². The van der Waals surface area contributed by atoms with Crippen LogP contribution in [-0.4, -0.2) is 49.5 Å². The zero-order valence-electron chi connectivity index (χ0n) is 14.3. The number of non-ortho nitro benzene ring substituents is 1. The number of nitro groups is 1. The topological polar surface area (TPSA) is 189 Å². The molecule has 3 rings (SSSR count). The summed E-state index contributed by atoms with van der Waals surface area (Å²) >= 11 is 0. The third-order valence-electron chi connectivity index (χ3n) is 3.42. The van der Waals surface area contributed by atoms with Crippen molar-refractivity contribution in [3.8, 4) is 5.82 Å². The van der Waals surface area contributed by atoms with E-state index in [1.54, 1.807) is 0 Å². The van der Waals surface area contributed by atoms with E-state index in [9.17, 15) is 14.9 Å². The predicted molar refractivity (Wildman–Crippen MR) is 92.5 cm³/mol. The van der Waals surface area contributed by atoms with E-state index in [-0.39, 0.29) is 35.3 Å². The molecule has 0 aliphatic carbocycles. The number of anilines is 1. The van der Waals surface area contributed by atoms with Gasteiger partial charge in [0.05, 0.1) is 17.7 Å². The molecule has 0 atom stereocenters. The summed E-state index contributed by atoms with van der Waals surface area (Å²) in [5, 5.41) is 29.2. The number of hydrazone groups is 1. The lowest BCUT2D eigenvalue weighted by Gasteiger charge is -2.04. The van der Waals surface area contributed by atoms with Gasteiger partial charge in [0.25, 0.3) is 11.6 Å². The third-order valence-corrected chi connectivity index (χ3v) is 3.42. The smallest absolute Gasteiger partial charge is 0.292 e.